The number of hydrogen-bond acceptors (Lipinski definition) is 2. The van der Waals surface area contributed by atoms with Crippen molar-refractivity contribution in [3.05, 3.63) is 29.3 Å². The van der Waals surface area contributed by atoms with Crippen LogP contribution in [0.15, 0.2) is 18.2 Å². The summed E-state index contributed by atoms with van der Waals surface area (Å²) in [6.45, 7) is 5.71. The molecule has 2 atom stereocenters. The molecule has 0 saturated carbocycles. The van der Waals surface area contributed by atoms with Crippen LogP contribution in [0.1, 0.15) is 30.4 Å². The van der Waals surface area contributed by atoms with Crippen LogP contribution in [-0.2, 0) is 4.79 Å². The number of hydrogen-bond donors (Lipinski definition) is 1. The second kappa shape index (κ2) is 7.37. The molecule has 0 spiro atoms. The Hall–Kier alpha value is -0.930. The van der Waals surface area contributed by atoms with Gasteiger partial charge in [-0.3, -0.25) is 4.79 Å². The lowest BCUT2D eigenvalue weighted by molar-refractivity contribution is -0.119. The summed E-state index contributed by atoms with van der Waals surface area (Å²) in [6.07, 6.45) is 0.566. The first-order valence-corrected chi connectivity index (χ1v) is 8.40. The lowest BCUT2D eigenvalue weighted by Gasteiger charge is -2.25. The SMILES string of the molecule is Cc1ccc(N(CCCl)CCCl)cc1C1CC(=O)NC1C. The van der Waals surface area contributed by atoms with Gasteiger partial charge >= 0.3 is 0 Å². The van der Waals surface area contributed by atoms with Gasteiger partial charge in [-0.15, -0.1) is 23.2 Å². The van der Waals surface area contributed by atoms with E-state index in [9.17, 15) is 4.79 Å². The molecule has 1 aliphatic heterocycles. The summed E-state index contributed by atoms with van der Waals surface area (Å²) in [5, 5.41) is 3.00. The van der Waals surface area contributed by atoms with Crippen molar-refractivity contribution in [2.45, 2.75) is 32.2 Å². The lowest BCUT2D eigenvalue weighted by atomic mass is 9.89. The molecule has 21 heavy (non-hydrogen) atoms. The summed E-state index contributed by atoms with van der Waals surface area (Å²) in [4.78, 5) is 13.8. The molecule has 1 heterocycles. The first-order chi connectivity index (χ1) is 10.1. The minimum atomic E-state index is 0.135. The van der Waals surface area contributed by atoms with Gasteiger partial charge in [-0.25, -0.2) is 0 Å². The van der Waals surface area contributed by atoms with Crippen LogP contribution in [0.25, 0.3) is 0 Å². The van der Waals surface area contributed by atoms with Crippen molar-refractivity contribution in [3.8, 4) is 0 Å². The van der Waals surface area contributed by atoms with Gasteiger partial charge in [0.25, 0.3) is 0 Å². The van der Waals surface area contributed by atoms with Crippen molar-refractivity contribution < 1.29 is 4.79 Å². The molecule has 2 unspecified atom stereocenters. The van der Waals surface area contributed by atoms with Crippen LogP contribution in [0.3, 0.4) is 0 Å². The van der Waals surface area contributed by atoms with Crippen molar-refractivity contribution in [2.75, 3.05) is 29.7 Å². The normalized spacial score (nSPS) is 21.4. The smallest absolute Gasteiger partial charge is 0.220 e. The third kappa shape index (κ3) is 3.83. The standard InChI is InChI=1S/C16H22Cl2N2O/c1-11-3-4-13(20(7-5-17)8-6-18)9-14(11)15-10-16(21)19-12(15)2/h3-4,9,12,15H,5-8,10H2,1-2H3,(H,19,21). The highest BCUT2D eigenvalue weighted by atomic mass is 35.5. The van der Waals surface area contributed by atoms with Crippen molar-refractivity contribution in [1.29, 1.82) is 0 Å². The number of halogens is 2. The second-order valence-corrected chi connectivity index (χ2v) is 6.33. The molecule has 1 aliphatic rings. The van der Waals surface area contributed by atoms with Gasteiger partial charge in [0.2, 0.25) is 5.91 Å². The Balaban J connectivity index is 2.30. The molecule has 116 valence electrons. The van der Waals surface area contributed by atoms with E-state index in [1.54, 1.807) is 0 Å². The molecular formula is C16H22Cl2N2O. The zero-order valence-corrected chi connectivity index (χ0v) is 14.0. The van der Waals surface area contributed by atoms with Crippen LogP contribution in [0.5, 0.6) is 0 Å². The molecule has 0 bridgehead atoms. The zero-order valence-electron chi connectivity index (χ0n) is 12.5. The van der Waals surface area contributed by atoms with Crippen LogP contribution in [-0.4, -0.2) is 36.8 Å². The number of nitrogens with zero attached hydrogens (tertiary/aromatic N) is 1. The molecule has 1 saturated heterocycles. The molecule has 0 aliphatic carbocycles. The fourth-order valence-electron chi connectivity index (χ4n) is 2.97. The van der Waals surface area contributed by atoms with Gasteiger partial charge in [-0.2, -0.15) is 0 Å². The van der Waals surface area contributed by atoms with Gasteiger partial charge in [-0.1, -0.05) is 6.07 Å². The van der Waals surface area contributed by atoms with Gasteiger partial charge in [0.1, 0.15) is 0 Å². The summed E-state index contributed by atoms with van der Waals surface area (Å²) in [7, 11) is 0. The predicted molar refractivity (Wildman–Crippen MR) is 89.8 cm³/mol. The van der Waals surface area contributed by atoms with Crippen LogP contribution in [0, 0.1) is 6.92 Å². The fraction of sp³-hybridized carbons (Fsp3) is 0.562. The number of amides is 1. The average molecular weight is 329 g/mol. The molecule has 3 nitrogen and oxygen atoms in total. The number of aryl methyl sites for hydroxylation is 1. The summed E-state index contributed by atoms with van der Waals surface area (Å²) in [6, 6.07) is 6.60. The Morgan fingerprint density at radius 1 is 1.29 bits per heavy atom. The van der Waals surface area contributed by atoms with E-state index in [0.717, 1.165) is 18.8 Å². The number of benzene rings is 1. The van der Waals surface area contributed by atoms with E-state index >= 15 is 0 Å². The largest absolute Gasteiger partial charge is 0.369 e. The van der Waals surface area contributed by atoms with Crippen molar-refractivity contribution in [2.24, 2.45) is 0 Å². The predicted octanol–water partition coefficient (Wildman–Crippen LogP) is 3.27. The van der Waals surface area contributed by atoms with Crippen LogP contribution in [0.4, 0.5) is 5.69 Å². The van der Waals surface area contributed by atoms with Gasteiger partial charge in [0.05, 0.1) is 0 Å². The van der Waals surface area contributed by atoms with Crippen LogP contribution < -0.4 is 10.2 Å². The van der Waals surface area contributed by atoms with Gasteiger partial charge in [-0.05, 0) is 37.1 Å². The molecule has 1 amide bonds. The Morgan fingerprint density at radius 3 is 2.48 bits per heavy atom. The summed E-state index contributed by atoms with van der Waals surface area (Å²) >= 11 is 11.8. The molecule has 1 N–H and O–H groups in total. The van der Waals surface area contributed by atoms with Crippen molar-refractivity contribution in [3.63, 3.8) is 0 Å². The summed E-state index contributed by atoms with van der Waals surface area (Å²) < 4.78 is 0. The first-order valence-electron chi connectivity index (χ1n) is 7.33. The summed E-state index contributed by atoms with van der Waals surface area (Å²) in [5.74, 6) is 1.52. The number of carbonyl (C=O) groups is 1. The molecule has 1 fully saturated rings. The highest BCUT2D eigenvalue weighted by molar-refractivity contribution is 6.18. The number of alkyl halides is 2. The maximum atomic E-state index is 11.6. The molecule has 1 aromatic carbocycles. The Labute approximate surface area is 136 Å². The molecule has 1 aromatic rings. The van der Waals surface area contributed by atoms with E-state index in [4.69, 9.17) is 23.2 Å². The highest BCUT2D eigenvalue weighted by Gasteiger charge is 2.31. The zero-order chi connectivity index (χ0) is 15.4. The minimum absolute atomic E-state index is 0.135. The molecule has 2 rings (SSSR count). The third-order valence-corrected chi connectivity index (χ3v) is 4.47. The molecule has 5 heteroatoms. The molecule has 0 aromatic heterocycles. The minimum Gasteiger partial charge on any atom is -0.369 e. The van der Waals surface area contributed by atoms with E-state index in [1.165, 1.54) is 11.1 Å². The average Bonchev–Trinajstić information content (AvgIpc) is 2.78. The maximum absolute atomic E-state index is 11.6. The van der Waals surface area contributed by atoms with Gasteiger partial charge in [0.15, 0.2) is 0 Å². The highest BCUT2D eigenvalue weighted by Crippen LogP contribution is 2.33. The quantitative estimate of drug-likeness (QED) is 0.813. The Bertz CT molecular complexity index is 501. The topological polar surface area (TPSA) is 32.3 Å². The third-order valence-electron chi connectivity index (χ3n) is 4.13. The first kappa shape index (κ1) is 16.4. The molecular weight excluding hydrogens is 307 g/mol. The fourth-order valence-corrected chi connectivity index (χ4v) is 3.38. The lowest BCUT2D eigenvalue weighted by Crippen LogP contribution is -2.28. The van der Waals surface area contributed by atoms with Gasteiger partial charge in [0, 0.05) is 48.9 Å². The number of rotatable bonds is 6. The second-order valence-electron chi connectivity index (χ2n) is 5.57. The summed E-state index contributed by atoms with van der Waals surface area (Å²) in [5.41, 5.74) is 3.60. The van der Waals surface area contributed by atoms with E-state index in [2.05, 4.69) is 42.3 Å². The van der Waals surface area contributed by atoms with E-state index in [1.807, 2.05) is 0 Å². The molecule has 0 radical (unpaired) electrons. The van der Waals surface area contributed by atoms with Crippen LogP contribution >= 0.6 is 23.2 Å². The Kier molecular flexibility index (Phi) is 5.77. The van der Waals surface area contributed by atoms with E-state index in [-0.39, 0.29) is 17.9 Å². The monoisotopic (exact) mass is 328 g/mol. The van der Waals surface area contributed by atoms with Gasteiger partial charge < -0.3 is 10.2 Å². The van der Waals surface area contributed by atoms with Crippen molar-refractivity contribution >= 4 is 34.8 Å². The van der Waals surface area contributed by atoms with E-state index in [0.29, 0.717) is 18.2 Å². The number of carbonyl (C=O) groups excluding carboxylic acids is 1. The number of anilines is 1. The van der Waals surface area contributed by atoms with Crippen molar-refractivity contribution in [1.82, 2.24) is 5.32 Å². The Morgan fingerprint density at radius 2 is 1.95 bits per heavy atom. The van der Waals surface area contributed by atoms with E-state index < -0.39 is 0 Å². The maximum Gasteiger partial charge on any atom is 0.220 e. The number of nitrogens with one attached hydrogen (secondary N) is 1. The van der Waals surface area contributed by atoms with Crippen LogP contribution in [0.2, 0.25) is 0 Å².